The second kappa shape index (κ2) is 6.11. The summed E-state index contributed by atoms with van der Waals surface area (Å²) in [7, 11) is 2.62. The lowest BCUT2D eigenvalue weighted by Gasteiger charge is -2.33. The van der Waals surface area contributed by atoms with E-state index in [2.05, 4.69) is 0 Å². The molecule has 1 aliphatic carbocycles. The predicted molar refractivity (Wildman–Crippen MR) is 70.8 cm³/mol. The molecule has 5 nitrogen and oxygen atoms in total. The zero-order valence-corrected chi connectivity index (χ0v) is 11.9. The topological polar surface area (TPSA) is 65.7 Å². The third-order valence-corrected chi connectivity index (χ3v) is 4.21. The van der Waals surface area contributed by atoms with E-state index >= 15 is 0 Å². The molecule has 1 saturated carbocycles. The van der Waals surface area contributed by atoms with E-state index in [4.69, 9.17) is 13.9 Å². The van der Waals surface area contributed by atoms with Crippen LogP contribution in [0.3, 0.4) is 0 Å². The van der Waals surface area contributed by atoms with Gasteiger partial charge in [0.1, 0.15) is 0 Å². The van der Waals surface area contributed by atoms with Gasteiger partial charge in [-0.25, -0.2) is 0 Å². The molecule has 0 spiro atoms. The molecule has 0 atom stereocenters. The van der Waals surface area contributed by atoms with Crippen LogP contribution in [-0.4, -0.2) is 26.2 Å². The van der Waals surface area contributed by atoms with Gasteiger partial charge < -0.3 is 13.9 Å². The summed E-state index contributed by atoms with van der Waals surface area (Å²) in [5, 5.41) is 0. The van der Waals surface area contributed by atoms with Crippen LogP contribution in [-0.2, 0) is 25.5 Å². The summed E-state index contributed by atoms with van der Waals surface area (Å²) in [6.07, 6.45) is 7.05. The zero-order chi connectivity index (χ0) is 14.6. The number of methoxy groups -OCH3 is 2. The quantitative estimate of drug-likeness (QED) is 0.612. The summed E-state index contributed by atoms with van der Waals surface area (Å²) in [6.45, 7) is 0. The van der Waals surface area contributed by atoms with Gasteiger partial charge in [0.25, 0.3) is 0 Å². The number of ether oxygens (including phenoxy) is 2. The summed E-state index contributed by atoms with van der Waals surface area (Å²) in [4.78, 5) is 24.8. The van der Waals surface area contributed by atoms with E-state index in [0.29, 0.717) is 0 Å². The molecule has 1 aliphatic rings. The van der Waals surface area contributed by atoms with Gasteiger partial charge in [-0.15, -0.1) is 0 Å². The largest absolute Gasteiger partial charge is 0.472 e. The van der Waals surface area contributed by atoms with Gasteiger partial charge in [0.2, 0.25) is 0 Å². The molecule has 0 saturated heterocycles. The van der Waals surface area contributed by atoms with Crippen molar-refractivity contribution >= 4 is 11.9 Å². The van der Waals surface area contributed by atoms with Crippen LogP contribution < -0.4 is 0 Å². The van der Waals surface area contributed by atoms with E-state index in [1.54, 1.807) is 12.3 Å². The van der Waals surface area contributed by atoms with Crippen molar-refractivity contribution in [3.05, 3.63) is 24.2 Å². The normalized spacial score (nSPS) is 16.1. The molecule has 1 aromatic rings. The Morgan fingerprint density at radius 2 is 1.85 bits per heavy atom. The predicted octanol–water partition coefficient (Wildman–Crippen LogP) is 2.34. The molecular weight excluding hydrogens is 260 g/mol. The van der Waals surface area contributed by atoms with E-state index in [1.165, 1.54) is 20.5 Å². The van der Waals surface area contributed by atoms with E-state index in [1.807, 2.05) is 0 Å². The minimum atomic E-state index is -1.26. The number of rotatable bonds is 5. The van der Waals surface area contributed by atoms with Gasteiger partial charge >= 0.3 is 11.9 Å². The fourth-order valence-electron chi connectivity index (χ4n) is 3.20. The highest BCUT2D eigenvalue weighted by Crippen LogP contribution is 2.44. The molecule has 1 fully saturated rings. The fraction of sp³-hybridized carbons (Fsp3) is 0.600. The van der Waals surface area contributed by atoms with Crippen molar-refractivity contribution in [2.45, 2.75) is 32.1 Å². The first-order valence-electron chi connectivity index (χ1n) is 6.83. The van der Waals surface area contributed by atoms with Gasteiger partial charge in [-0.05, 0) is 30.4 Å². The van der Waals surface area contributed by atoms with Crippen molar-refractivity contribution in [3.63, 3.8) is 0 Å². The number of hydrogen-bond donors (Lipinski definition) is 0. The molecule has 1 aromatic heterocycles. The Balaban J connectivity index is 2.41. The molecule has 0 bridgehead atoms. The summed E-state index contributed by atoms with van der Waals surface area (Å²) in [6, 6.07) is 1.76. The first-order valence-corrected chi connectivity index (χ1v) is 6.83. The van der Waals surface area contributed by atoms with Crippen molar-refractivity contribution in [2.24, 2.45) is 11.3 Å². The van der Waals surface area contributed by atoms with Crippen LogP contribution in [0.25, 0.3) is 0 Å². The number of furan rings is 1. The average Bonchev–Trinajstić information content (AvgIpc) is 3.15. The molecule has 0 amide bonds. The SMILES string of the molecule is COC(=O)C(Cc1ccoc1)(C(=O)OC)C1CCCC1. The molecular formula is C15H20O5. The summed E-state index contributed by atoms with van der Waals surface area (Å²) < 4.78 is 14.9. The first kappa shape index (κ1) is 14.6. The van der Waals surface area contributed by atoms with Crippen LogP contribution in [0.1, 0.15) is 31.2 Å². The van der Waals surface area contributed by atoms with Gasteiger partial charge in [0.05, 0.1) is 26.7 Å². The Morgan fingerprint density at radius 3 is 2.30 bits per heavy atom. The third kappa shape index (κ3) is 2.44. The van der Waals surface area contributed by atoms with Crippen molar-refractivity contribution < 1.29 is 23.5 Å². The Bertz CT molecular complexity index is 441. The summed E-state index contributed by atoms with van der Waals surface area (Å²) >= 11 is 0. The maximum atomic E-state index is 12.4. The standard InChI is InChI=1S/C15H20O5/c1-18-13(16)15(14(17)19-2,12-5-3-4-6-12)9-11-7-8-20-10-11/h7-8,10,12H,3-6,9H2,1-2H3. The Kier molecular flexibility index (Phi) is 4.47. The van der Waals surface area contributed by atoms with Crippen molar-refractivity contribution in [1.29, 1.82) is 0 Å². The average molecular weight is 280 g/mol. The number of esters is 2. The number of hydrogen-bond acceptors (Lipinski definition) is 5. The Labute approximate surface area is 118 Å². The molecule has 0 aliphatic heterocycles. The Morgan fingerprint density at radius 1 is 1.25 bits per heavy atom. The lowest BCUT2D eigenvalue weighted by atomic mass is 9.70. The fourth-order valence-corrected chi connectivity index (χ4v) is 3.20. The van der Waals surface area contributed by atoms with E-state index in [9.17, 15) is 9.59 Å². The highest BCUT2D eigenvalue weighted by molar-refractivity contribution is 6.00. The second-order valence-corrected chi connectivity index (χ2v) is 5.24. The minimum Gasteiger partial charge on any atom is -0.472 e. The lowest BCUT2D eigenvalue weighted by molar-refractivity contribution is -0.173. The zero-order valence-electron chi connectivity index (χ0n) is 11.9. The highest BCUT2D eigenvalue weighted by atomic mass is 16.5. The number of carbonyl (C=O) groups is 2. The van der Waals surface area contributed by atoms with E-state index in [0.717, 1.165) is 31.2 Å². The van der Waals surface area contributed by atoms with Crippen LogP contribution in [0.5, 0.6) is 0 Å². The molecule has 110 valence electrons. The van der Waals surface area contributed by atoms with Crippen LogP contribution in [0, 0.1) is 11.3 Å². The number of carbonyl (C=O) groups excluding carboxylic acids is 2. The summed E-state index contributed by atoms with van der Waals surface area (Å²) in [5.74, 6) is -1.08. The smallest absolute Gasteiger partial charge is 0.323 e. The van der Waals surface area contributed by atoms with Crippen molar-refractivity contribution in [3.8, 4) is 0 Å². The van der Waals surface area contributed by atoms with Crippen LogP contribution >= 0.6 is 0 Å². The van der Waals surface area contributed by atoms with Gasteiger partial charge in [-0.1, -0.05) is 12.8 Å². The molecule has 2 rings (SSSR count). The maximum absolute atomic E-state index is 12.4. The van der Waals surface area contributed by atoms with Crippen molar-refractivity contribution in [1.82, 2.24) is 0 Å². The monoisotopic (exact) mass is 280 g/mol. The van der Waals surface area contributed by atoms with Crippen molar-refractivity contribution in [2.75, 3.05) is 14.2 Å². The molecule has 0 radical (unpaired) electrons. The third-order valence-electron chi connectivity index (χ3n) is 4.21. The first-order chi connectivity index (χ1) is 9.65. The summed E-state index contributed by atoms with van der Waals surface area (Å²) in [5.41, 5.74) is -0.461. The van der Waals surface area contributed by atoms with Crippen LogP contribution in [0.15, 0.2) is 23.0 Å². The van der Waals surface area contributed by atoms with Gasteiger partial charge in [-0.3, -0.25) is 9.59 Å². The lowest BCUT2D eigenvalue weighted by Crippen LogP contribution is -2.48. The maximum Gasteiger partial charge on any atom is 0.323 e. The van der Waals surface area contributed by atoms with E-state index < -0.39 is 17.4 Å². The molecule has 20 heavy (non-hydrogen) atoms. The molecule has 5 heteroatoms. The van der Waals surface area contributed by atoms with Crippen LogP contribution in [0.4, 0.5) is 0 Å². The van der Waals surface area contributed by atoms with Gasteiger partial charge in [0, 0.05) is 6.42 Å². The molecule has 0 N–H and O–H groups in total. The second-order valence-electron chi connectivity index (χ2n) is 5.24. The van der Waals surface area contributed by atoms with Gasteiger partial charge in [-0.2, -0.15) is 0 Å². The minimum absolute atomic E-state index is 0.0442. The Hall–Kier alpha value is -1.78. The molecule has 0 aromatic carbocycles. The highest BCUT2D eigenvalue weighted by Gasteiger charge is 2.54. The van der Waals surface area contributed by atoms with E-state index in [-0.39, 0.29) is 12.3 Å². The van der Waals surface area contributed by atoms with Gasteiger partial charge in [0.15, 0.2) is 5.41 Å². The molecule has 0 unspecified atom stereocenters. The molecule has 1 heterocycles. The van der Waals surface area contributed by atoms with Crippen LogP contribution in [0.2, 0.25) is 0 Å².